The van der Waals surface area contributed by atoms with E-state index in [0.29, 0.717) is 11.7 Å². The zero-order valence-corrected chi connectivity index (χ0v) is 8.88. The van der Waals surface area contributed by atoms with E-state index < -0.39 is 12.0 Å². The zero-order chi connectivity index (χ0) is 11.4. The van der Waals surface area contributed by atoms with Gasteiger partial charge in [0, 0.05) is 12.5 Å². The topological polar surface area (TPSA) is 72.5 Å². The first-order chi connectivity index (χ1) is 7.06. The zero-order valence-electron chi connectivity index (χ0n) is 8.06. The van der Waals surface area contributed by atoms with Crippen LogP contribution < -0.4 is 10.4 Å². The molecule has 1 fully saturated rings. The average molecular weight is 227 g/mol. The van der Waals surface area contributed by atoms with Crippen molar-refractivity contribution in [1.29, 1.82) is 0 Å². The van der Waals surface area contributed by atoms with Crippen molar-refractivity contribution in [3.63, 3.8) is 0 Å². The van der Waals surface area contributed by atoms with Crippen LogP contribution in [0.2, 0.25) is 0 Å². The van der Waals surface area contributed by atoms with E-state index in [2.05, 4.69) is 11.9 Å². The maximum absolute atomic E-state index is 11.6. The number of nitrogens with one attached hydrogen (secondary N) is 1. The molecule has 1 heterocycles. The van der Waals surface area contributed by atoms with E-state index in [0.717, 1.165) is 0 Å². The normalized spacial score (nSPS) is 20.3. The average Bonchev–Trinajstić information content (AvgIpc) is 2.43. The predicted molar refractivity (Wildman–Crippen MR) is 55.7 cm³/mol. The molecule has 82 valence electrons. The van der Waals surface area contributed by atoms with Gasteiger partial charge < -0.3 is 15.2 Å². The van der Waals surface area contributed by atoms with E-state index in [1.807, 2.05) is 0 Å². The summed E-state index contributed by atoms with van der Waals surface area (Å²) in [6.45, 7) is 3.85. The van der Waals surface area contributed by atoms with Crippen LogP contribution in [0, 0.1) is 0 Å². The predicted octanol–water partition coefficient (Wildman–Crippen LogP) is -1.21. The van der Waals surface area contributed by atoms with Crippen molar-refractivity contribution >= 4 is 29.2 Å². The molecule has 1 N–H and O–H groups in total. The number of thiocarbonyl (C=S) groups is 1. The number of hydrogen-bond donors (Lipinski definition) is 1. The Hall–Kier alpha value is -1.43. The molecule has 5 nitrogen and oxygen atoms in total. The van der Waals surface area contributed by atoms with Gasteiger partial charge in [-0.25, -0.2) is 0 Å². The Morgan fingerprint density at radius 3 is 2.93 bits per heavy atom. The highest BCUT2D eigenvalue weighted by molar-refractivity contribution is 7.80. The Bertz CT molecular complexity index is 316. The Labute approximate surface area is 92.7 Å². The number of rotatable bonds is 5. The number of hydrogen-bond acceptors (Lipinski definition) is 4. The van der Waals surface area contributed by atoms with E-state index in [-0.39, 0.29) is 18.7 Å². The summed E-state index contributed by atoms with van der Waals surface area (Å²) in [5, 5.41) is 13.3. The lowest BCUT2D eigenvalue weighted by molar-refractivity contribution is -0.305. The molecule has 0 aromatic carbocycles. The third kappa shape index (κ3) is 2.76. The molecule has 0 aromatic heterocycles. The van der Waals surface area contributed by atoms with E-state index in [1.54, 1.807) is 6.08 Å². The van der Waals surface area contributed by atoms with Crippen molar-refractivity contribution in [3.8, 4) is 0 Å². The molecule has 0 saturated carbocycles. The number of carboxylic acid groups (broad SMARTS) is 1. The summed E-state index contributed by atoms with van der Waals surface area (Å²) < 4.78 is 0. The van der Waals surface area contributed by atoms with Crippen LogP contribution in [0.1, 0.15) is 12.8 Å². The summed E-state index contributed by atoms with van der Waals surface area (Å²) in [5.74, 6) is -1.38. The molecule has 1 aliphatic heterocycles. The van der Waals surface area contributed by atoms with E-state index in [1.165, 1.54) is 4.90 Å². The lowest BCUT2D eigenvalue weighted by Crippen LogP contribution is -2.33. The number of carbonyl (C=O) groups is 2. The van der Waals surface area contributed by atoms with Gasteiger partial charge in [0.25, 0.3) is 5.91 Å². The standard InChI is InChI=1S/C9H12N2O3S/c1-2-5-11-8(14)6(10-9(11)15)3-4-7(12)13/h2,6H,1,3-5H2,(H,10,15)(H,12,13)/p-1/t6-/m0/s1. The number of carbonyl (C=O) groups excluding carboxylic acids is 2. The number of amides is 1. The number of nitrogens with zero attached hydrogens (tertiary/aromatic N) is 1. The Kier molecular flexibility index (Phi) is 3.79. The first-order valence-corrected chi connectivity index (χ1v) is 4.89. The summed E-state index contributed by atoms with van der Waals surface area (Å²) in [5.41, 5.74) is 0. The van der Waals surface area contributed by atoms with Crippen molar-refractivity contribution in [3.05, 3.63) is 12.7 Å². The van der Waals surface area contributed by atoms with Gasteiger partial charge in [-0.1, -0.05) is 6.08 Å². The molecular formula is C9H11N2O3S-. The number of aliphatic carboxylic acids is 1. The monoisotopic (exact) mass is 227 g/mol. The molecule has 1 atom stereocenters. The van der Waals surface area contributed by atoms with Crippen LogP contribution in [0.25, 0.3) is 0 Å². The highest BCUT2D eigenvalue weighted by Gasteiger charge is 2.33. The van der Waals surface area contributed by atoms with Gasteiger partial charge in [0.2, 0.25) is 0 Å². The van der Waals surface area contributed by atoms with Gasteiger partial charge in [-0.2, -0.15) is 0 Å². The van der Waals surface area contributed by atoms with E-state index >= 15 is 0 Å². The minimum absolute atomic E-state index is 0.159. The first kappa shape index (κ1) is 11.6. The molecule has 1 aliphatic rings. The molecule has 0 unspecified atom stereocenters. The fraction of sp³-hybridized carbons (Fsp3) is 0.444. The second-order valence-electron chi connectivity index (χ2n) is 3.15. The Morgan fingerprint density at radius 1 is 1.73 bits per heavy atom. The van der Waals surface area contributed by atoms with Crippen molar-refractivity contribution in [1.82, 2.24) is 10.2 Å². The van der Waals surface area contributed by atoms with Crippen LogP contribution >= 0.6 is 12.2 Å². The summed E-state index contributed by atoms with van der Waals surface area (Å²) in [7, 11) is 0. The molecule has 1 amide bonds. The van der Waals surface area contributed by atoms with Gasteiger partial charge in [0.05, 0.1) is 0 Å². The highest BCUT2D eigenvalue weighted by Crippen LogP contribution is 2.10. The summed E-state index contributed by atoms with van der Waals surface area (Å²) in [6.07, 6.45) is 1.59. The summed E-state index contributed by atoms with van der Waals surface area (Å²) >= 11 is 4.92. The van der Waals surface area contributed by atoms with Crippen molar-refractivity contribution < 1.29 is 14.7 Å². The second-order valence-corrected chi connectivity index (χ2v) is 3.54. The van der Waals surface area contributed by atoms with Crippen LogP contribution in [0.5, 0.6) is 0 Å². The Balaban J connectivity index is 2.56. The van der Waals surface area contributed by atoms with Crippen molar-refractivity contribution in [2.75, 3.05) is 6.54 Å². The minimum atomic E-state index is -1.17. The van der Waals surface area contributed by atoms with Gasteiger partial charge in [-0.15, -0.1) is 6.58 Å². The van der Waals surface area contributed by atoms with Crippen LogP contribution in [0.15, 0.2) is 12.7 Å². The van der Waals surface area contributed by atoms with Gasteiger partial charge in [0.1, 0.15) is 6.04 Å². The SMILES string of the molecule is C=CCN1C(=O)[C@H](CCC(=O)[O-])NC1=S. The second kappa shape index (κ2) is 4.88. The molecule has 0 radical (unpaired) electrons. The minimum Gasteiger partial charge on any atom is -0.550 e. The lowest BCUT2D eigenvalue weighted by Gasteiger charge is -2.11. The molecule has 0 aromatic rings. The first-order valence-electron chi connectivity index (χ1n) is 4.49. The maximum Gasteiger partial charge on any atom is 0.251 e. The fourth-order valence-corrected chi connectivity index (χ4v) is 1.64. The smallest absolute Gasteiger partial charge is 0.251 e. The summed E-state index contributed by atoms with van der Waals surface area (Å²) in [6, 6.07) is -0.546. The van der Waals surface area contributed by atoms with Gasteiger partial charge in [0.15, 0.2) is 5.11 Å². The maximum atomic E-state index is 11.6. The molecular weight excluding hydrogens is 216 g/mol. The molecule has 6 heteroatoms. The van der Waals surface area contributed by atoms with Crippen molar-refractivity contribution in [2.24, 2.45) is 0 Å². The largest absolute Gasteiger partial charge is 0.550 e. The quantitative estimate of drug-likeness (QED) is 0.471. The molecule has 0 bridgehead atoms. The molecule has 15 heavy (non-hydrogen) atoms. The van der Waals surface area contributed by atoms with E-state index in [4.69, 9.17) is 12.2 Å². The third-order valence-electron chi connectivity index (χ3n) is 2.06. The van der Waals surface area contributed by atoms with E-state index in [9.17, 15) is 14.7 Å². The third-order valence-corrected chi connectivity index (χ3v) is 2.39. The van der Waals surface area contributed by atoms with Gasteiger partial charge >= 0.3 is 0 Å². The van der Waals surface area contributed by atoms with Crippen LogP contribution in [0.4, 0.5) is 0 Å². The highest BCUT2D eigenvalue weighted by atomic mass is 32.1. The fourth-order valence-electron chi connectivity index (χ4n) is 1.34. The molecule has 1 saturated heterocycles. The number of carboxylic acids is 1. The van der Waals surface area contributed by atoms with Crippen LogP contribution in [-0.4, -0.2) is 34.5 Å². The Morgan fingerprint density at radius 2 is 2.40 bits per heavy atom. The molecule has 0 spiro atoms. The van der Waals surface area contributed by atoms with Gasteiger partial charge in [-0.3, -0.25) is 9.69 Å². The van der Waals surface area contributed by atoms with Crippen LogP contribution in [0.3, 0.4) is 0 Å². The molecule has 1 rings (SSSR count). The summed E-state index contributed by atoms with van der Waals surface area (Å²) in [4.78, 5) is 23.2. The van der Waals surface area contributed by atoms with Crippen LogP contribution in [-0.2, 0) is 9.59 Å². The molecule has 0 aliphatic carbocycles. The lowest BCUT2D eigenvalue weighted by atomic mass is 10.1. The van der Waals surface area contributed by atoms with Gasteiger partial charge in [-0.05, 0) is 25.1 Å². The van der Waals surface area contributed by atoms with Crippen molar-refractivity contribution in [2.45, 2.75) is 18.9 Å².